The van der Waals surface area contributed by atoms with Crippen LogP contribution in [0.25, 0.3) is 0 Å². The van der Waals surface area contributed by atoms with E-state index in [1.807, 2.05) is 0 Å². The molecule has 0 amide bonds. The van der Waals surface area contributed by atoms with E-state index in [2.05, 4.69) is 12.2 Å². The molecule has 0 radical (unpaired) electrons. The topological polar surface area (TPSA) is 75.3 Å². The van der Waals surface area contributed by atoms with Gasteiger partial charge in [-0.25, -0.2) is 9.18 Å². The van der Waals surface area contributed by atoms with Gasteiger partial charge in [-0.05, 0) is 18.6 Å². The van der Waals surface area contributed by atoms with Crippen molar-refractivity contribution in [2.24, 2.45) is 0 Å². The maximum atomic E-state index is 13.1. The fourth-order valence-corrected chi connectivity index (χ4v) is 1.57. The van der Waals surface area contributed by atoms with Crippen LogP contribution in [0.3, 0.4) is 0 Å². The van der Waals surface area contributed by atoms with Crippen molar-refractivity contribution in [3.05, 3.63) is 23.5 Å². The number of hydrogen-bond acceptors (Lipinski definition) is 3. The van der Waals surface area contributed by atoms with E-state index in [1.165, 1.54) is 12.1 Å². The van der Waals surface area contributed by atoms with Gasteiger partial charge in [-0.3, -0.25) is 0 Å². The van der Waals surface area contributed by atoms with Crippen LogP contribution in [-0.2, 0) is 0 Å². The number of unbranched alkanes of at least 4 members (excludes halogenated alkanes) is 2. The minimum atomic E-state index is -1.22. The number of halogens is 1. The van der Waals surface area contributed by atoms with Crippen molar-refractivity contribution in [2.75, 3.05) is 17.6 Å². The SMILES string of the molecule is CCCCCNc1ccc(F)c(N)c1C(=O)O. The maximum absolute atomic E-state index is 13.1. The largest absolute Gasteiger partial charge is 0.478 e. The molecule has 94 valence electrons. The molecule has 17 heavy (non-hydrogen) atoms. The van der Waals surface area contributed by atoms with Crippen molar-refractivity contribution in [1.82, 2.24) is 0 Å². The number of anilines is 2. The molecule has 0 aromatic heterocycles. The Kier molecular flexibility index (Phi) is 4.75. The van der Waals surface area contributed by atoms with E-state index >= 15 is 0 Å². The van der Waals surface area contributed by atoms with Crippen LogP contribution in [0.15, 0.2) is 12.1 Å². The number of benzene rings is 1. The fraction of sp³-hybridized carbons (Fsp3) is 0.417. The Morgan fingerprint density at radius 3 is 2.76 bits per heavy atom. The Labute approximate surface area is 99.6 Å². The van der Waals surface area contributed by atoms with Crippen LogP contribution in [0.4, 0.5) is 15.8 Å². The Morgan fingerprint density at radius 1 is 1.47 bits per heavy atom. The number of carboxylic acid groups (broad SMARTS) is 1. The van der Waals surface area contributed by atoms with Gasteiger partial charge in [0, 0.05) is 6.54 Å². The van der Waals surface area contributed by atoms with Crippen LogP contribution in [0.1, 0.15) is 36.5 Å². The first-order valence-corrected chi connectivity index (χ1v) is 5.63. The third-order valence-electron chi connectivity index (χ3n) is 2.50. The number of nitrogen functional groups attached to an aromatic ring is 1. The Bertz CT molecular complexity index is 408. The third-order valence-corrected chi connectivity index (χ3v) is 2.50. The summed E-state index contributed by atoms with van der Waals surface area (Å²) >= 11 is 0. The van der Waals surface area contributed by atoms with Gasteiger partial charge in [-0.2, -0.15) is 0 Å². The van der Waals surface area contributed by atoms with Crippen molar-refractivity contribution in [2.45, 2.75) is 26.2 Å². The molecular formula is C12H17FN2O2. The molecule has 0 heterocycles. The lowest BCUT2D eigenvalue weighted by atomic mass is 10.1. The molecule has 0 bridgehead atoms. The van der Waals surface area contributed by atoms with Gasteiger partial charge >= 0.3 is 5.97 Å². The number of carboxylic acids is 1. The molecule has 1 rings (SSSR count). The van der Waals surface area contributed by atoms with Crippen LogP contribution in [0, 0.1) is 5.82 Å². The quantitative estimate of drug-likeness (QED) is 0.528. The summed E-state index contributed by atoms with van der Waals surface area (Å²) in [5.74, 6) is -1.93. The van der Waals surface area contributed by atoms with Gasteiger partial charge in [0.2, 0.25) is 0 Å². The molecule has 0 aliphatic heterocycles. The summed E-state index contributed by atoms with van der Waals surface area (Å²) in [6.07, 6.45) is 3.08. The van der Waals surface area contributed by atoms with E-state index in [0.717, 1.165) is 19.3 Å². The van der Waals surface area contributed by atoms with Crippen molar-refractivity contribution < 1.29 is 14.3 Å². The average molecular weight is 240 g/mol. The highest BCUT2D eigenvalue weighted by atomic mass is 19.1. The van der Waals surface area contributed by atoms with Crippen molar-refractivity contribution in [3.8, 4) is 0 Å². The van der Waals surface area contributed by atoms with Gasteiger partial charge in [0.05, 0.1) is 11.4 Å². The summed E-state index contributed by atoms with van der Waals surface area (Å²) in [6.45, 7) is 2.73. The first-order valence-electron chi connectivity index (χ1n) is 5.63. The molecule has 0 saturated heterocycles. The summed E-state index contributed by atoms with van der Waals surface area (Å²) in [5, 5.41) is 12.0. The Balaban J connectivity index is 2.84. The molecule has 1 aromatic rings. The standard InChI is InChI=1S/C12H17FN2O2/c1-2-3-4-7-15-9-6-5-8(13)11(14)10(9)12(16)17/h5-6,15H,2-4,7,14H2,1H3,(H,16,17). The zero-order chi connectivity index (χ0) is 12.8. The van der Waals surface area contributed by atoms with Crippen molar-refractivity contribution in [1.29, 1.82) is 0 Å². The second kappa shape index (κ2) is 6.08. The normalized spacial score (nSPS) is 10.2. The summed E-state index contributed by atoms with van der Waals surface area (Å²) in [4.78, 5) is 11.0. The number of carbonyl (C=O) groups is 1. The number of rotatable bonds is 6. The first kappa shape index (κ1) is 13.3. The predicted molar refractivity (Wildman–Crippen MR) is 65.8 cm³/mol. The predicted octanol–water partition coefficient (Wildman–Crippen LogP) is 2.71. The lowest BCUT2D eigenvalue weighted by Gasteiger charge is -2.11. The van der Waals surface area contributed by atoms with Gasteiger partial charge in [0.15, 0.2) is 0 Å². The molecule has 4 nitrogen and oxygen atoms in total. The second-order valence-corrected chi connectivity index (χ2v) is 3.82. The number of hydrogen-bond donors (Lipinski definition) is 3. The molecule has 0 unspecified atom stereocenters. The molecule has 0 aliphatic carbocycles. The minimum absolute atomic E-state index is 0.193. The number of aromatic carboxylic acids is 1. The Morgan fingerprint density at radius 2 is 2.18 bits per heavy atom. The third kappa shape index (κ3) is 3.34. The zero-order valence-electron chi connectivity index (χ0n) is 9.79. The summed E-state index contributed by atoms with van der Waals surface area (Å²) in [5.41, 5.74) is 5.27. The lowest BCUT2D eigenvalue weighted by Crippen LogP contribution is -2.11. The highest BCUT2D eigenvalue weighted by molar-refractivity contribution is 6.00. The highest BCUT2D eigenvalue weighted by Crippen LogP contribution is 2.25. The van der Waals surface area contributed by atoms with E-state index in [4.69, 9.17) is 10.8 Å². The Hall–Kier alpha value is -1.78. The molecule has 0 atom stereocenters. The molecule has 0 spiro atoms. The van der Waals surface area contributed by atoms with E-state index < -0.39 is 11.8 Å². The molecule has 0 saturated carbocycles. The fourth-order valence-electron chi connectivity index (χ4n) is 1.57. The van der Waals surface area contributed by atoms with E-state index in [-0.39, 0.29) is 11.3 Å². The van der Waals surface area contributed by atoms with Gasteiger partial charge in [-0.1, -0.05) is 19.8 Å². The van der Waals surface area contributed by atoms with Gasteiger partial charge in [-0.15, -0.1) is 0 Å². The van der Waals surface area contributed by atoms with Gasteiger partial charge < -0.3 is 16.2 Å². The second-order valence-electron chi connectivity index (χ2n) is 3.82. The summed E-state index contributed by atoms with van der Waals surface area (Å²) < 4.78 is 13.1. The van der Waals surface area contributed by atoms with Crippen LogP contribution in [-0.4, -0.2) is 17.6 Å². The first-order chi connectivity index (χ1) is 8.07. The molecule has 5 heteroatoms. The van der Waals surface area contributed by atoms with Gasteiger partial charge in [0.1, 0.15) is 11.4 Å². The molecule has 1 aromatic carbocycles. The van der Waals surface area contributed by atoms with E-state index in [1.54, 1.807) is 0 Å². The number of nitrogens with one attached hydrogen (secondary N) is 1. The number of nitrogens with two attached hydrogens (primary N) is 1. The van der Waals surface area contributed by atoms with Crippen LogP contribution in [0.2, 0.25) is 0 Å². The average Bonchev–Trinajstić information content (AvgIpc) is 2.28. The van der Waals surface area contributed by atoms with Crippen molar-refractivity contribution in [3.63, 3.8) is 0 Å². The zero-order valence-corrected chi connectivity index (χ0v) is 9.79. The monoisotopic (exact) mass is 240 g/mol. The van der Waals surface area contributed by atoms with Crippen LogP contribution < -0.4 is 11.1 Å². The smallest absolute Gasteiger partial charge is 0.340 e. The van der Waals surface area contributed by atoms with Crippen LogP contribution >= 0.6 is 0 Å². The van der Waals surface area contributed by atoms with E-state index in [9.17, 15) is 9.18 Å². The van der Waals surface area contributed by atoms with E-state index in [0.29, 0.717) is 12.2 Å². The summed E-state index contributed by atoms with van der Waals surface area (Å²) in [6, 6.07) is 2.57. The van der Waals surface area contributed by atoms with Gasteiger partial charge in [0.25, 0.3) is 0 Å². The molecule has 0 fully saturated rings. The molecular weight excluding hydrogens is 223 g/mol. The minimum Gasteiger partial charge on any atom is -0.478 e. The summed E-state index contributed by atoms with van der Waals surface area (Å²) in [7, 11) is 0. The molecule has 0 aliphatic rings. The highest BCUT2D eigenvalue weighted by Gasteiger charge is 2.16. The maximum Gasteiger partial charge on any atom is 0.340 e. The lowest BCUT2D eigenvalue weighted by molar-refractivity contribution is 0.0698. The van der Waals surface area contributed by atoms with Crippen LogP contribution in [0.5, 0.6) is 0 Å². The molecule has 4 N–H and O–H groups in total. The van der Waals surface area contributed by atoms with Crippen molar-refractivity contribution >= 4 is 17.3 Å².